The second-order valence-electron chi connectivity index (χ2n) is 7.26. The van der Waals surface area contributed by atoms with Crippen molar-refractivity contribution in [1.82, 2.24) is 20.0 Å². The molecule has 0 aliphatic rings. The first-order chi connectivity index (χ1) is 14.1. The van der Waals surface area contributed by atoms with E-state index in [1.54, 1.807) is 19.9 Å². The number of nitrogens with one attached hydrogen (secondary N) is 2. The van der Waals surface area contributed by atoms with Crippen molar-refractivity contribution >= 4 is 17.5 Å². The number of alkyl halides is 3. The van der Waals surface area contributed by atoms with E-state index in [1.165, 1.54) is 36.2 Å². The highest BCUT2D eigenvalue weighted by Crippen LogP contribution is 2.35. The average Bonchev–Trinajstić information content (AvgIpc) is 3.31. The maximum atomic E-state index is 13.6. The lowest BCUT2D eigenvalue weighted by molar-refractivity contribution is -0.136. The van der Waals surface area contributed by atoms with Crippen LogP contribution in [-0.2, 0) is 22.3 Å². The third-order valence-corrected chi connectivity index (χ3v) is 4.51. The first-order valence-electron chi connectivity index (χ1n) is 9.22. The Balaban J connectivity index is 1.89. The molecule has 30 heavy (non-hydrogen) atoms. The van der Waals surface area contributed by atoms with Crippen molar-refractivity contribution in [2.45, 2.75) is 39.5 Å². The summed E-state index contributed by atoms with van der Waals surface area (Å²) in [7, 11) is 0. The predicted molar refractivity (Wildman–Crippen MR) is 102 cm³/mol. The molecule has 0 spiro atoms. The topological polar surface area (TPSA) is 88.6 Å². The number of hydrogen-bond donors (Lipinski definition) is 2. The van der Waals surface area contributed by atoms with Gasteiger partial charge in [-0.2, -0.15) is 13.2 Å². The van der Waals surface area contributed by atoms with Gasteiger partial charge in [0.2, 0.25) is 11.8 Å². The smallest absolute Gasteiger partial charge is 0.420 e. The molecule has 10 heteroatoms. The van der Waals surface area contributed by atoms with Gasteiger partial charge in [0.25, 0.3) is 0 Å². The SMILES string of the molecule is CC(=O)N[C@H](C(=O)NCc1cn2cc(-c3ccoc3)cc(C(F)(F)F)c2n1)C(C)C. The molecule has 0 aliphatic heterocycles. The molecule has 0 saturated heterocycles. The Bertz CT molecular complexity index is 1060. The Kier molecular flexibility index (Phi) is 5.86. The first kappa shape index (κ1) is 21.4. The highest BCUT2D eigenvalue weighted by molar-refractivity contribution is 5.87. The van der Waals surface area contributed by atoms with Crippen LogP contribution >= 0.6 is 0 Å². The molecule has 0 radical (unpaired) electrons. The molecule has 1 atom stereocenters. The summed E-state index contributed by atoms with van der Waals surface area (Å²) >= 11 is 0. The molecule has 0 bridgehead atoms. The summed E-state index contributed by atoms with van der Waals surface area (Å²) in [5, 5.41) is 5.18. The van der Waals surface area contributed by atoms with Gasteiger partial charge in [-0.05, 0) is 18.1 Å². The van der Waals surface area contributed by atoms with Crippen LogP contribution in [0.15, 0.2) is 41.5 Å². The number of imidazole rings is 1. The van der Waals surface area contributed by atoms with Crippen LogP contribution in [-0.4, -0.2) is 27.2 Å². The number of furan rings is 1. The average molecular weight is 422 g/mol. The summed E-state index contributed by atoms with van der Waals surface area (Å²) in [6.45, 7) is 4.78. The standard InChI is InChI=1S/C20H21F3N4O3/c1-11(2)17(25-12(3)28)19(29)24-7-15-9-27-8-14(13-4-5-30-10-13)6-16(18(27)26-15)20(21,22)23/h4-6,8-11,17H,7H2,1-3H3,(H,24,29)(H,25,28)/t17-/m0/s1. The number of fused-ring (bicyclic) bond motifs is 1. The minimum absolute atomic E-state index is 0.0817. The molecule has 3 aromatic heterocycles. The Morgan fingerprint density at radius 3 is 2.53 bits per heavy atom. The summed E-state index contributed by atoms with van der Waals surface area (Å²) in [6.07, 6.45) is 1.07. The van der Waals surface area contributed by atoms with Gasteiger partial charge in [-0.1, -0.05) is 13.8 Å². The zero-order chi connectivity index (χ0) is 22.1. The van der Waals surface area contributed by atoms with E-state index in [-0.39, 0.29) is 29.7 Å². The zero-order valence-corrected chi connectivity index (χ0v) is 16.6. The number of carbonyl (C=O) groups is 2. The van der Waals surface area contributed by atoms with Crippen LogP contribution in [0, 0.1) is 5.92 Å². The maximum absolute atomic E-state index is 13.6. The Morgan fingerprint density at radius 1 is 1.23 bits per heavy atom. The summed E-state index contributed by atoms with van der Waals surface area (Å²) in [6, 6.07) is 1.83. The monoisotopic (exact) mass is 422 g/mol. The number of hydrogen-bond acceptors (Lipinski definition) is 4. The van der Waals surface area contributed by atoms with Crippen LogP contribution in [0.1, 0.15) is 32.0 Å². The van der Waals surface area contributed by atoms with E-state index >= 15 is 0 Å². The third-order valence-electron chi connectivity index (χ3n) is 4.51. The van der Waals surface area contributed by atoms with E-state index in [2.05, 4.69) is 15.6 Å². The minimum atomic E-state index is -4.61. The quantitative estimate of drug-likeness (QED) is 0.637. The van der Waals surface area contributed by atoms with Crippen molar-refractivity contribution in [3.8, 4) is 11.1 Å². The van der Waals surface area contributed by atoms with Crippen molar-refractivity contribution < 1.29 is 27.2 Å². The second-order valence-corrected chi connectivity index (χ2v) is 7.26. The fourth-order valence-corrected chi connectivity index (χ4v) is 3.07. The molecule has 3 aromatic rings. The number of nitrogens with zero attached hydrogens (tertiary/aromatic N) is 2. The highest BCUT2D eigenvalue weighted by Gasteiger charge is 2.35. The molecule has 2 N–H and O–H groups in total. The zero-order valence-electron chi connectivity index (χ0n) is 16.6. The molecule has 0 unspecified atom stereocenters. The molecule has 0 aromatic carbocycles. The Morgan fingerprint density at radius 2 is 1.97 bits per heavy atom. The normalized spacial score (nSPS) is 12.9. The lowest BCUT2D eigenvalue weighted by Gasteiger charge is -2.20. The van der Waals surface area contributed by atoms with Gasteiger partial charge in [0, 0.05) is 30.4 Å². The number of amides is 2. The lowest BCUT2D eigenvalue weighted by Crippen LogP contribution is -2.48. The molecule has 0 fully saturated rings. The molecular formula is C20H21F3N4O3. The van der Waals surface area contributed by atoms with Crippen molar-refractivity contribution in [2.24, 2.45) is 5.92 Å². The first-order valence-corrected chi connectivity index (χ1v) is 9.22. The van der Waals surface area contributed by atoms with Crippen LogP contribution in [0.3, 0.4) is 0 Å². The number of carbonyl (C=O) groups excluding carboxylic acids is 2. The number of rotatable bonds is 6. The minimum Gasteiger partial charge on any atom is -0.472 e. The Hall–Kier alpha value is -3.30. The molecule has 7 nitrogen and oxygen atoms in total. The van der Waals surface area contributed by atoms with Crippen molar-refractivity contribution in [1.29, 1.82) is 0 Å². The number of halogens is 3. The van der Waals surface area contributed by atoms with E-state index in [9.17, 15) is 22.8 Å². The van der Waals surface area contributed by atoms with Crippen molar-refractivity contribution in [3.63, 3.8) is 0 Å². The Labute approximate surface area is 170 Å². The number of pyridine rings is 1. The van der Waals surface area contributed by atoms with Gasteiger partial charge in [-0.25, -0.2) is 4.98 Å². The number of aromatic nitrogens is 2. The van der Waals surface area contributed by atoms with Crippen LogP contribution in [0.4, 0.5) is 13.2 Å². The second kappa shape index (κ2) is 8.21. The molecule has 2 amide bonds. The van der Waals surface area contributed by atoms with Gasteiger partial charge in [-0.3, -0.25) is 9.59 Å². The van der Waals surface area contributed by atoms with Gasteiger partial charge in [-0.15, -0.1) is 0 Å². The summed E-state index contributed by atoms with van der Waals surface area (Å²) in [4.78, 5) is 27.7. The van der Waals surface area contributed by atoms with Gasteiger partial charge in [0.1, 0.15) is 11.7 Å². The third kappa shape index (κ3) is 4.64. The fourth-order valence-electron chi connectivity index (χ4n) is 3.07. The van der Waals surface area contributed by atoms with E-state index in [0.29, 0.717) is 11.1 Å². The molecule has 3 heterocycles. The molecule has 0 saturated carbocycles. The van der Waals surface area contributed by atoms with Crippen LogP contribution in [0.25, 0.3) is 16.8 Å². The maximum Gasteiger partial charge on any atom is 0.420 e. The van der Waals surface area contributed by atoms with E-state index in [1.807, 2.05) is 0 Å². The fraction of sp³-hybridized carbons (Fsp3) is 0.350. The van der Waals surface area contributed by atoms with E-state index in [0.717, 1.165) is 6.07 Å². The van der Waals surface area contributed by atoms with Gasteiger partial charge < -0.3 is 19.5 Å². The van der Waals surface area contributed by atoms with Crippen LogP contribution < -0.4 is 10.6 Å². The molecule has 3 rings (SSSR count). The summed E-state index contributed by atoms with van der Waals surface area (Å²) < 4.78 is 47.0. The van der Waals surface area contributed by atoms with Crippen LogP contribution in [0.5, 0.6) is 0 Å². The van der Waals surface area contributed by atoms with E-state index < -0.39 is 23.7 Å². The van der Waals surface area contributed by atoms with Crippen molar-refractivity contribution in [3.05, 3.63) is 48.3 Å². The lowest BCUT2D eigenvalue weighted by atomic mass is 10.0. The van der Waals surface area contributed by atoms with Crippen LogP contribution in [0.2, 0.25) is 0 Å². The molecule has 160 valence electrons. The molecule has 0 aliphatic carbocycles. The molecular weight excluding hydrogens is 401 g/mol. The van der Waals surface area contributed by atoms with Gasteiger partial charge >= 0.3 is 6.18 Å². The predicted octanol–water partition coefficient (Wildman–Crippen LogP) is 3.39. The van der Waals surface area contributed by atoms with Gasteiger partial charge in [0.15, 0.2) is 0 Å². The highest BCUT2D eigenvalue weighted by atomic mass is 19.4. The largest absolute Gasteiger partial charge is 0.472 e. The summed E-state index contributed by atoms with van der Waals surface area (Å²) in [5.74, 6) is -0.949. The van der Waals surface area contributed by atoms with Gasteiger partial charge in [0.05, 0.1) is 30.3 Å². The van der Waals surface area contributed by atoms with Crippen molar-refractivity contribution in [2.75, 3.05) is 0 Å². The summed E-state index contributed by atoms with van der Waals surface area (Å²) in [5.41, 5.74) is -0.0787. The van der Waals surface area contributed by atoms with E-state index in [4.69, 9.17) is 4.42 Å².